The van der Waals surface area contributed by atoms with Gasteiger partial charge in [-0.1, -0.05) is 29.8 Å². The second-order valence-electron chi connectivity index (χ2n) is 15.7. The van der Waals surface area contributed by atoms with Gasteiger partial charge in [0, 0.05) is 43.5 Å². The lowest BCUT2D eigenvalue weighted by Crippen LogP contribution is -2.19. The SMILES string of the molecule is COc1ccc2c(n1)C(c1cc(C3OCCO3)sc1C)OCC2.COc1ccc2c(n1)C(c1cc(C=O)sc1C)OCC2.Cc1sc(C2OCCO2)cc1C1OCCc2ccc(Cl)nc21. The number of thiophene rings is 3. The summed E-state index contributed by atoms with van der Waals surface area (Å²) in [5.41, 5.74) is 9.70. The number of pyridine rings is 3. The first-order chi connectivity index (χ1) is 31.7. The Kier molecular flexibility index (Phi) is 14.7. The molecule has 0 saturated carbocycles. The maximum atomic E-state index is 10.9. The Morgan fingerprint density at radius 1 is 0.538 bits per heavy atom. The first-order valence-corrected chi connectivity index (χ1v) is 24.3. The molecule has 0 aliphatic carbocycles. The van der Waals surface area contributed by atoms with E-state index in [0.717, 1.165) is 78.8 Å². The summed E-state index contributed by atoms with van der Waals surface area (Å²) in [5, 5.41) is 0.504. The molecular weight excluding hydrogens is 910 g/mol. The number of aldehydes is 1. The molecule has 65 heavy (non-hydrogen) atoms. The molecule has 11 rings (SSSR count). The molecule has 2 fully saturated rings. The lowest BCUT2D eigenvalue weighted by atomic mass is 9.98. The predicted octanol–water partition coefficient (Wildman–Crippen LogP) is 9.91. The zero-order chi connectivity index (χ0) is 45.0. The fourth-order valence-electron chi connectivity index (χ4n) is 8.48. The molecule has 6 aromatic heterocycles. The normalized spacial score (nSPS) is 20.4. The van der Waals surface area contributed by atoms with E-state index in [2.05, 4.69) is 47.0 Å². The van der Waals surface area contributed by atoms with E-state index in [4.69, 9.17) is 54.2 Å². The van der Waals surface area contributed by atoms with Gasteiger partial charge in [0.25, 0.3) is 0 Å². The number of halogens is 1. The van der Waals surface area contributed by atoms with Crippen LogP contribution in [0.1, 0.15) is 115 Å². The predicted molar refractivity (Wildman–Crippen MR) is 247 cm³/mol. The maximum Gasteiger partial charge on any atom is 0.213 e. The lowest BCUT2D eigenvalue weighted by Gasteiger charge is -2.25. The van der Waals surface area contributed by atoms with Crippen LogP contribution in [0.5, 0.6) is 11.8 Å². The summed E-state index contributed by atoms with van der Waals surface area (Å²) in [4.78, 5) is 31.0. The minimum absolute atomic E-state index is 0.153. The number of hydrogen-bond acceptors (Lipinski definition) is 16. The number of hydrogen-bond donors (Lipinski definition) is 0. The van der Waals surface area contributed by atoms with Crippen molar-refractivity contribution in [3.63, 3.8) is 0 Å². The van der Waals surface area contributed by atoms with Gasteiger partial charge in [-0.05, 0) is 81.0 Å². The molecule has 5 aliphatic heterocycles. The van der Waals surface area contributed by atoms with E-state index in [9.17, 15) is 4.79 Å². The molecule has 0 aromatic carbocycles. The minimum atomic E-state index is -0.243. The highest BCUT2D eigenvalue weighted by atomic mass is 35.5. The average molecular weight is 961 g/mol. The lowest BCUT2D eigenvalue weighted by molar-refractivity contribution is -0.0416. The second kappa shape index (κ2) is 20.8. The van der Waals surface area contributed by atoms with Crippen LogP contribution in [-0.2, 0) is 52.4 Å². The number of aromatic nitrogens is 3. The molecule has 0 amide bonds. The van der Waals surface area contributed by atoms with E-state index in [1.54, 1.807) is 36.9 Å². The fourth-order valence-corrected chi connectivity index (χ4v) is 11.6. The van der Waals surface area contributed by atoms with Crippen LogP contribution in [-0.4, -0.2) is 81.7 Å². The Morgan fingerprint density at radius 3 is 1.35 bits per heavy atom. The number of rotatable bonds is 8. The van der Waals surface area contributed by atoms with Crippen molar-refractivity contribution in [1.82, 2.24) is 15.0 Å². The van der Waals surface area contributed by atoms with E-state index in [-0.39, 0.29) is 30.9 Å². The standard InChI is InChI=1S/C17H19NO4S.C16H16ClNO3S.C15H15NO3S/c1-10-12(9-13(23-10)17-21-7-8-22-17)16-15-11(5-6-20-16)3-4-14(18-15)19-2;1-9-11(8-12(22-9)16-20-6-7-21-16)15-14-10(4-5-19-15)2-3-13(17)18-14;1-9-12(7-11(8-17)20-9)15-14-10(5-6-19-15)3-4-13(16-14)18-2/h3-4,9,16-17H,5-8H2,1-2H3;2-3,8,15-16H,4-7H2,1H3;3-4,7-8,15H,5-6H2,1-2H3. The third kappa shape index (κ3) is 10.1. The van der Waals surface area contributed by atoms with Crippen molar-refractivity contribution >= 4 is 51.9 Å². The molecule has 342 valence electrons. The van der Waals surface area contributed by atoms with Crippen molar-refractivity contribution in [1.29, 1.82) is 0 Å². The number of carbonyl (C=O) groups excluding carboxylic acids is 1. The van der Waals surface area contributed by atoms with Crippen LogP contribution in [0, 0.1) is 20.8 Å². The summed E-state index contributed by atoms with van der Waals surface area (Å²) in [6.45, 7) is 10.9. The van der Waals surface area contributed by atoms with Crippen molar-refractivity contribution < 1.29 is 47.4 Å². The first-order valence-electron chi connectivity index (χ1n) is 21.5. The molecular formula is C48H50ClN3O10S3. The van der Waals surface area contributed by atoms with Crippen LogP contribution >= 0.6 is 45.6 Å². The molecule has 5 aliphatic rings. The molecule has 0 radical (unpaired) electrons. The van der Waals surface area contributed by atoms with Gasteiger partial charge in [-0.2, -0.15) is 0 Å². The summed E-state index contributed by atoms with van der Waals surface area (Å²) in [6.07, 6.45) is 2.49. The summed E-state index contributed by atoms with van der Waals surface area (Å²) >= 11 is 11.0. The van der Waals surface area contributed by atoms with Crippen LogP contribution in [0.25, 0.3) is 0 Å². The van der Waals surface area contributed by atoms with Crippen molar-refractivity contribution in [2.75, 3.05) is 60.5 Å². The third-order valence-corrected chi connectivity index (χ3v) is 15.1. The fraction of sp³-hybridized carbons (Fsp3) is 0.417. The molecule has 0 spiro atoms. The van der Waals surface area contributed by atoms with Gasteiger partial charge in [-0.3, -0.25) is 4.79 Å². The second-order valence-corrected chi connectivity index (χ2v) is 20.0. The molecule has 0 N–H and O–H groups in total. The van der Waals surface area contributed by atoms with Crippen molar-refractivity contribution in [2.45, 2.75) is 70.9 Å². The number of aryl methyl sites for hydroxylation is 3. The van der Waals surface area contributed by atoms with E-state index in [1.165, 1.54) is 37.8 Å². The number of methoxy groups -OCH3 is 2. The summed E-state index contributed by atoms with van der Waals surface area (Å²) in [5.74, 6) is 1.21. The van der Waals surface area contributed by atoms with E-state index < -0.39 is 0 Å². The highest BCUT2D eigenvalue weighted by Gasteiger charge is 2.32. The van der Waals surface area contributed by atoms with Crippen molar-refractivity contribution in [2.24, 2.45) is 0 Å². The molecule has 11 heterocycles. The monoisotopic (exact) mass is 959 g/mol. The van der Waals surface area contributed by atoms with E-state index in [1.807, 2.05) is 43.3 Å². The Hall–Kier alpha value is -4.17. The smallest absolute Gasteiger partial charge is 0.213 e. The largest absolute Gasteiger partial charge is 0.481 e. The highest BCUT2D eigenvalue weighted by molar-refractivity contribution is 7.13. The zero-order valence-electron chi connectivity index (χ0n) is 36.8. The van der Waals surface area contributed by atoms with Gasteiger partial charge in [0.15, 0.2) is 18.9 Å². The average Bonchev–Trinajstić information content (AvgIpc) is 4.21. The van der Waals surface area contributed by atoms with Crippen molar-refractivity contribution in [3.8, 4) is 11.8 Å². The molecule has 3 unspecified atom stereocenters. The molecule has 17 heteroatoms. The van der Waals surface area contributed by atoms with E-state index >= 15 is 0 Å². The Morgan fingerprint density at radius 2 is 0.938 bits per heavy atom. The zero-order valence-corrected chi connectivity index (χ0v) is 40.0. The van der Waals surface area contributed by atoms with Crippen LogP contribution in [0.15, 0.2) is 54.6 Å². The van der Waals surface area contributed by atoms with Gasteiger partial charge >= 0.3 is 0 Å². The van der Waals surface area contributed by atoms with Gasteiger partial charge in [0.2, 0.25) is 11.8 Å². The Bertz CT molecular complexity index is 2620. The third-order valence-electron chi connectivity index (χ3n) is 11.7. The Labute approximate surface area is 394 Å². The number of ether oxygens (including phenoxy) is 9. The van der Waals surface area contributed by atoms with Gasteiger partial charge in [0.1, 0.15) is 23.5 Å². The van der Waals surface area contributed by atoms with Crippen LogP contribution < -0.4 is 9.47 Å². The van der Waals surface area contributed by atoms with Gasteiger partial charge in [-0.15, -0.1) is 34.0 Å². The Balaban J connectivity index is 0.000000123. The van der Waals surface area contributed by atoms with Gasteiger partial charge in [-0.25, -0.2) is 15.0 Å². The highest BCUT2D eigenvalue weighted by Crippen LogP contribution is 2.42. The summed E-state index contributed by atoms with van der Waals surface area (Å²) < 4.78 is 50.9. The molecule has 2 saturated heterocycles. The summed E-state index contributed by atoms with van der Waals surface area (Å²) in [7, 11) is 3.24. The van der Waals surface area contributed by atoms with Gasteiger partial charge in [0.05, 0.1) is 92.2 Å². The quantitative estimate of drug-likeness (QED) is 0.106. The van der Waals surface area contributed by atoms with Crippen LogP contribution in [0.2, 0.25) is 5.15 Å². The number of fused-ring (bicyclic) bond motifs is 3. The number of nitrogens with zero attached hydrogens (tertiary/aromatic N) is 3. The molecule has 3 atom stereocenters. The van der Waals surface area contributed by atoms with E-state index in [0.29, 0.717) is 63.2 Å². The minimum Gasteiger partial charge on any atom is -0.481 e. The molecule has 13 nitrogen and oxygen atoms in total. The van der Waals surface area contributed by atoms with Crippen molar-refractivity contribution in [3.05, 3.63) is 139 Å². The number of carbonyl (C=O) groups is 1. The van der Waals surface area contributed by atoms with Crippen LogP contribution in [0.4, 0.5) is 0 Å². The molecule has 0 bridgehead atoms. The topological polar surface area (TPSA) is 139 Å². The maximum absolute atomic E-state index is 10.9. The first kappa shape index (κ1) is 46.0. The molecule has 6 aromatic rings. The van der Waals surface area contributed by atoms with Gasteiger partial charge < -0.3 is 42.6 Å². The van der Waals surface area contributed by atoms with Crippen LogP contribution in [0.3, 0.4) is 0 Å². The summed E-state index contributed by atoms with van der Waals surface area (Å²) in [6, 6.07) is 18.0.